The molecule has 0 aliphatic carbocycles. The molecule has 4 N–H and O–H groups in total. The third-order valence-electron chi connectivity index (χ3n) is 3.73. The summed E-state index contributed by atoms with van der Waals surface area (Å²) in [5.74, 6) is -3.28. The van der Waals surface area contributed by atoms with Gasteiger partial charge < -0.3 is 22.1 Å². The van der Waals surface area contributed by atoms with Gasteiger partial charge in [0.2, 0.25) is 0 Å². The van der Waals surface area contributed by atoms with Crippen LogP contribution in [0.15, 0.2) is 10.5 Å². The minimum absolute atomic E-state index is 0. The third-order valence-corrected chi connectivity index (χ3v) is 5.31. The van der Waals surface area contributed by atoms with E-state index in [0.29, 0.717) is 12.8 Å². The topological polar surface area (TPSA) is 191 Å². The number of esters is 1. The number of nitrogens with two attached hydrogens (primary N) is 1. The van der Waals surface area contributed by atoms with Gasteiger partial charge >= 0.3 is 45.8 Å². The van der Waals surface area contributed by atoms with Crippen LogP contribution in [0.25, 0.3) is 0 Å². The molecule has 0 spiro atoms. The minimum atomic E-state index is -5.04. The zero-order valence-corrected chi connectivity index (χ0v) is 20.0. The second-order valence-corrected chi connectivity index (χ2v) is 7.90. The molecular weight excluding hydrogens is 453 g/mol. The van der Waals surface area contributed by atoms with Crippen molar-refractivity contribution in [2.75, 3.05) is 19.5 Å². The van der Waals surface area contributed by atoms with Gasteiger partial charge in [0.25, 0.3) is 11.8 Å². The Morgan fingerprint density at radius 2 is 2.17 bits per heavy atom. The summed E-state index contributed by atoms with van der Waals surface area (Å²) in [6, 6.07) is -3.36. The van der Waals surface area contributed by atoms with E-state index in [1.807, 2.05) is 6.92 Å². The van der Waals surface area contributed by atoms with Gasteiger partial charge in [0.1, 0.15) is 18.8 Å². The van der Waals surface area contributed by atoms with Gasteiger partial charge in [-0.15, -0.1) is 11.3 Å². The van der Waals surface area contributed by atoms with Crippen LogP contribution >= 0.6 is 11.3 Å². The monoisotopic (exact) mass is 473 g/mol. The van der Waals surface area contributed by atoms with Gasteiger partial charge in [0, 0.05) is 5.38 Å². The van der Waals surface area contributed by atoms with Crippen molar-refractivity contribution in [2.24, 2.45) is 5.16 Å². The number of amides is 2. The molecule has 1 aliphatic rings. The van der Waals surface area contributed by atoms with Gasteiger partial charge in [0.15, 0.2) is 16.9 Å². The minimum Gasteiger partial charge on any atom is -1.00 e. The first-order chi connectivity index (χ1) is 13.6. The van der Waals surface area contributed by atoms with Gasteiger partial charge in [-0.2, -0.15) is 12.7 Å². The molecule has 162 valence electrons. The number of nitrogen functional groups attached to an aromatic ring is 1. The predicted molar refractivity (Wildman–Crippen MR) is 101 cm³/mol. The maximum atomic E-state index is 12.5. The zero-order chi connectivity index (χ0) is 21.8. The van der Waals surface area contributed by atoms with E-state index < -0.39 is 40.2 Å². The van der Waals surface area contributed by atoms with Crippen molar-refractivity contribution in [3.63, 3.8) is 0 Å². The Balaban J connectivity index is 0.00000450. The summed E-state index contributed by atoms with van der Waals surface area (Å²) >= 11 is 1.02. The Morgan fingerprint density at radius 3 is 2.67 bits per heavy atom. The number of hydrogen-bond donors (Lipinski definition) is 3. The summed E-state index contributed by atoms with van der Waals surface area (Å²) in [5, 5.41) is 7.27. The second kappa shape index (κ2) is 11.0. The van der Waals surface area contributed by atoms with Crippen molar-refractivity contribution in [1.82, 2.24) is 14.6 Å². The number of anilines is 1. The number of β-lactam (4-membered cyclic amide) rings is 1. The smallest absolute Gasteiger partial charge is 1.00 e. The van der Waals surface area contributed by atoms with Crippen LogP contribution in [-0.2, 0) is 34.3 Å². The van der Waals surface area contributed by atoms with Crippen molar-refractivity contribution in [3.8, 4) is 0 Å². The van der Waals surface area contributed by atoms with E-state index in [0.717, 1.165) is 11.3 Å². The van der Waals surface area contributed by atoms with E-state index in [4.69, 9.17) is 10.5 Å². The summed E-state index contributed by atoms with van der Waals surface area (Å²) in [7, 11) is -3.87. The summed E-state index contributed by atoms with van der Waals surface area (Å²) < 4.78 is 37.0. The molecule has 16 heteroatoms. The molecule has 0 radical (unpaired) electrons. The van der Waals surface area contributed by atoms with Crippen LogP contribution in [-0.4, -0.2) is 71.6 Å². The molecule has 1 fully saturated rings. The number of hydrogen-bond acceptors (Lipinski definition) is 11. The number of rotatable bonds is 9. The van der Waals surface area contributed by atoms with Crippen molar-refractivity contribution < 1.29 is 67.9 Å². The predicted octanol–water partition coefficient (Wildman–Crippen LogP) is -3.97. The first-order valence-corrected chi connectivity index (χ1v) is 10.5. The van der Waals surface area contributed by atoms with Gasteiger partial charge in [0.05, 0.1) is 6.61 Å². The molecule has 2 atom stereocenters. The van der Waals surface area contributed by atoms with Crippen molar-refractivity contribution >= 4 is 50.3 Å². The average molecular weight is 473 g/mol. The maximum Gasteiger partial charge on any atom is 1.00 e. The fourth-order valence-corrected chi connectivity index (χ4v) is 3.78. The van der Waals surface area contributed by atoms with Crippen molar-refractivity contribution in [1.29, 1.82) is 0 Å². The SMILES string of the molecule is CCCCOC(=O)C1C(NC(=O)/C(=N\OC)c2csc(N)n2)C(=O)N1S(=O)(=O)O.[H-].[Na+]. The molecule has 2 unspecified atom stereocenters. The molecule has 1 aromatic heterocycles. The average Bonchev–Trinajstić information content (AvgIpc) is 3.06. The van der Waals surface area contributed by atoms with Crippen LogP contribution in [0.1, 0.15) is 26.9 Å². The number of aromatic nitrogens is 1. The van der Waals surface area contributed by atoms with E-state index in [9.17, 15) is 27.4 Å². The largest absolute Gasteiger partial charge is 1.00 e. The fourth-order valence-electron chi connectivity index (χ4n) is 2.40. The van der Waals surface area contributed by atoms with Crippen molar-refractivity contribution in [3.05, 3.63) is 11.1 Å². The van der Waals surface area contributed by atoms with Gasteiger partial charge in [-0.25, -0.2) is 9.78 Å². The molecule has 1 saturated heterocycles. The molecule has 0 bridgehead atoms. The second-order valence-electron chi connectivity index (χ2n) is 5.72. The third kappa shape index (κ3) is 5.89. The van der Waals surface area contributed by atoms with Gasteiger partial charge in [-0.1, -0.05) is 18.5 Å². The van der Waals surface area contributed by atoms with Gasteiger partial charge in [-0.3, -0.25) is 14.1 Å². The number of nitrogens with zero attached hydrogens (tertiary/aromatic N) is 3. The van der Waals surface area contributed by atoms with E-state index in [1.54, 1.807) is 0 Å². The molecule has 0 saturated carbocycles. The van der Waals surface area contributed by atoms with Crippen LogP contribution < -0.4 is 40.6 Å². The van der Waals surface area contributed by atoms with E-state index in [2.05, 4.69) is 20.3 Å². The Hall–Kier alpha value is -1.78. The maximum absolute atomic E-state index is 12.5. The standard InChI is InChI=1S/C14H19N5O8S2.Na.H/c1-3-4-5-27-13(22)10-9(12(21)19(10)29(23,24)25)17-11(20)8(18-26-2)7-6-28-14(15)16-7;;/h6,9-10H,3-5H2,1-2H3,(H2,15,16)(H,17,20)(H,23,24,25);;/q;+1;-1/b18-8-;;. The van der Waals surface area contributed by atoms with Crippen LogP contribution in [0, 0.1) is 0 Å². The van der Waals surface area contributed by atoms with Crippen LogP contribution in [0.5, 0.6) is 0 Å². The molecule has 2 rings (SSSR count). The normalized spacial score (nSPS) is 18.8. The number of ether oxygens (including phenoxy) is 1. The number of carbonyl (C=O) groups is 3. The first-order valence-electron chi connectivity index (χ1n) is 8.22. The van der Waals surface area contributed by atoms with E-state index in [1.165, 1.54) is 12.5 Å². The Morgan fingerprint density at radius 1 is 1.50 bits per heavy atom. The zero-order valence-electron chi connectivity index (χ0n) is 17.4. The molecule has 2 amide bonds. The molecule has 1 aromatic rings. The fraction of sp³-hybridized carbons (Fsp3) is 0.500. The number of oxime groups is 1. The van der Waals surface area contributed by atoms with E-state index >= 15 is 0 Å². The molecule has 2 heterocycles. The molecule has 30 heavy (non-hydrogen) atoms. The number of carbonyl (C=O) groups excluding carboxylic acids is 3. The first kappa shape index (κ1) is 26.3. The Labute approximate surface area is 199 Å². The quantitative estimate of drug-likeness (QED) is 0.0606. The molecule has 1 aliphatic heterocycles. The summed E-state index contributed by atoms with van der Waals surface area (Å²) in [6.07, 6.45) is 1.21. The van der Waals surface area contributed by atoms with Crippen LogP contribution in [0.3, 0.4) is 0 Å². The van der Waals surface area contributed by atoms with Crippen LogP contribution in [0.4, 0.5) is 5.13 Å². The number of nitrogens with one attached hydrogen (secondary N) is 1. The summed E-state index contributed by atoms with van der Waals surface area (Å²) in [5.41, 5.74) is 5.22. The van der Waals surface area contributed by atoms with E-state index in [-0.39, 0.29) is 58.4 Å². The molecule has 13 nitrogen and oxygen atoms in total. The Kier molecular flexibility index (Phi) is 9.64. The summed E-state index contributed by atoms with van der Waals surface area (Å²) in [6.45, 7) is 1.82. The summed E-state index contributed by atoms with van der Waals surface area (Å²) in [4.78, 5) is 45.4. The Bertz CT molecular complexity index is 941. The number of thiazole rings is 1. The molecular formula is C14H20N5NaO8S2. The molecule has 0 aromatic carbocycles. The van der Waals surface area contributed by atoms with Crippen molar-refractivity contribution in [2.45, 2.75) is 31.8 Å². The number of unbranched alkanes of at least 4 members (excludes halogenated alkanes) is 1. The van der Waals surface area contributed by atoms with Crippen LogP contribution in [0.2, 0.25) is 0 Å². The van der Waals surface area contributed by atoms with Gasteiger partial charge in [-0.05, 0) is 6.42 Å².